The van der Waals surface area contributed by atoms with E-state index in [1.165, 1.54) is 54.0 Å². The zero-order chi connectivity index (χ0) is 12.4. The van der Waals surface area contributed by atoms with Crippen LogP contribution in [0.1, 0.15) is 37.7 Å². The summed E-state index contributed by atoms with van der Waals surface area (Å²) < 4.78 is 0. The van der Waals surface area contributed by atoms with E-state index in [1.54, 1.807) is 0 Å². The van der Waals surface area contributed by atoms with Crippen molar-refractivity contribution in [3.63, 3.8) is 0 Å². The van der Waals surface area contributed by atoms with E-state index in [1.807, 2.05) is 0 Å². The molecule has 2 aromatic rings. The first kappa shape index (κ1) is 11.5. The lowest BCUT2D eigenvalue weighted by atomic mass is 9.80. The first-order valence-corrected chi connectivity index (χ1v) is 7.03. The standard InChI is InChI=1S/C18H20/c1-14(15-8-3-2-4-9-15)17-13-7-11-16-10-5-6-12-18(16)17/h5-7,10-13,15H,1-4,8-9H2. The topological polar surface area (TPSA) is 0 Å². The van der Waals surface area contributed by atoms with Crippen LogP contribution in [0.4, 0.5) is 0 Å². The summed E-state index contributed by atoms with van der Waals surface area (Å²) in [4.78, 5) is 0. The van der Waals surface area contributed by atoms with Crippen molar-refractivity contribution in [1.29, 1.82) is 0 Å². The van der Waals surface area contributed by atoms with Gasteiger partial charge in [-0.2, -0.15) is 0 Å². The van der Waals surface area contributed by atoms with Crippen molar-refractivity contribution in [2.24, 2.45) is 5.92 Å². The van der Waals surface area contributed by atoms with E-state index in [2.05, 4.69) is 49.0 Å². The van der Waals surface area contributed by atoms with Crippen molar-refractivity contribution < 1.29 is 0 Å². The van der Waals surface area contributed by atoms with Crippen LogP contribution >= 0.6 is 0 Å². The van der Waals surface area contributed by atoms with Crippen LogP contribution in [0.25, 0.3) is 16.3 Å². The van der Waals surface area contributed by atoms with Gasteiger partial charge in [0.25, 0.3) is 0 Å². The average molecular weight is 236 g/mol. The molecule has 0 N–H and O–H groups in total. The SMILES string of the molecule is C=C(c1cccc2ccccc12)C1CCCCC1. The minimum Gasteiger partial charge on any atom is -0.0949 e. The minimum absolute atomic E-state index is 0.699. The number of rotatable bonds is 2. The Morgan fingerprint density at radius 2 is 1.61 bits per heavy atom. The lowest BCUT2D eigenvalue weighted by Gasteiger charge is -2.24. The molecule has 1 aliphatic rings. The van der Waals surface area contributed by atoms with Crippen molar-refractivity contribution in [3.8, 4) is 0 Å². The van der Waals surface area contributed by atoms with Crippen LogP contribution in [0.15, 0.2) is 49.0 Å². The lowest BCUT2D eigenvalue weighted by molar-refractivity contribution is 0.430. The van der Waals surface area contributed by atoms with Gasteiger partial charge in [-0.05, 0) is 40.7 Å². The van der Waals surface area contributed by atoms with Gasteiger partial charge in [-0.3, -0.25) is 0 Å². The molecule has 1 fully saturated rings. The summed E-state index contributed by atoms with van der Waals surface area (Å²) in [6, 6.07) is 15.2. The van der Waals surface area contributed by atoms with Gasteiger partial charge in [-0.25, -0.2) is 0 Å². The molecule has 0 spiro atoms. The number of hydrogen-bond acceptors (Lipinski definition) is 0. The quantitative estimate of drug-likeness (QED) is 0.652. The molecule has 0 unspecified atom stereocenters. The summed E-state index contributed by atoms with van der Waals surface area (Å²) in [5.74, 6) is 0.699. The summed E-state index contributed by atoms with van der Waals surface area (Å²) in [6.07, 6.45) is 6.78. The fourth-order valence-corrected chi connectivity index (χ4v) is 3.18. The second-order valence-electron chi connectivity index (χ2n) is 5.39. The summed E-state index contributed by atoms with van der Waals surface area (Å²) in [5, 5.41) is 2.68. The van der Waals surface area contributed by atoms with E-state index < -0.39 is 0 Å². The molecule has 0 nitrogen and oxygen atoms in total. The Bertz CT molecular complexity index is 554. The second-order valence-corrected chi connectivity index (χ2v) is 5.39. The molecule has 0 aliphatic heterocycles. The summed E-state index contributed by atoms with van der Waals surface area (Å²) in [6.45, 7) is 4.40. The number of fused-ring (bicyclic) bond motifs is 1. The molecule has 0 bridgehead atoms. The maximum Gasteiger partial charge on any atom is -0.0109 e. The van der Waals surface area contributed by atoms with E-state index in [-0.39, 0.29) is 0 Å². The molecule has 2 aromatic carbocycles. The van der Waals surface area contributed by atoms with E-state index in [4.69, 9.17) is 0 Å². The second kappa shape index (κ2) is 4.97. The van der Waals surface area contributed by atoms with Gasteiger partial charge in [0.2, 0.25) is 0 Å². The normalized spacial score (nSPS) is 16.9. The van der Waals surface area contributed by atoms with Gasteiger partial charge in [-0.1, -0.05) is 68.3 Å². The molecule has 0 aromatic heterocycles. The Balaban J connectivity index is 2.00. The predicted molar refractivity (Wildman–Crippen MR) is 79.6 cm³/mol. The van der Waals surface area contributed by atoms with Crippen LogP contribution in [-0.2, 0) is 0 Å². The number of benzene rings is 2. The van der Waals surface area contributed by atoms with Gasteiger partial charge in [-0.15, -0.1) is 0 Å². The van der Waals surface area contributed by atoms with Crippen molar-refractivity contribution in [2.45, 2.75) is 32.1 Å². The maximum atomic E-state index is 4.40. The Morgan fingerprint density at radius 1 is 0.889 bits per heavy atom. The van der Waals surface area contributed by atoms with Crippen molar-refractivity contribution in [1.82, 2.24) is 0 Å². The van der Waals surface area contributed by atoms with Crippen LogP contribution in [0.3, 0.4) is 0 Å². The van der Waals surface area contributed by atoms with Crippen molar-refractivity contribution in [2.75, 3.05) is 0 Å². The van der Waals surface area contributed by atoms with Crippen LogP contribution in [0.5, 0.6) is 0 Å². The largest absolute Gasteiger partial charge is 0.0949 e. The number of hydrogen-bond donors (Lipinski definition) is 0. The predicted octanol–water partition coefficient (Wildman–Crippen LogP) is 5.43. The third-order valence-corrected chi connectivity index (χ3v) is 4.23. The molecule has 0 heterocycles. The Kier molecular flexibility index (Phi) is 3.19. The fraction of sp³-hybridized carbons (Fsp3) is 0.333. The van der Waals surface area contributed by atoms with E-state index in [0.29, 0.717) is 5.92 Å². The van der Waals surface area contributed by atoms with Gasteiger partial charge in [0.15, 0.2) is 0 Å². The molecule has 18 heavy (non-hydrogen) atoms. The van der Waals surface area contributed by atoms with Crippen LogP contribution in [0.2, 0.25) is 0 Å². The van der Waals surface area contributed by atoms with Crippen LogP contribution in [-0.4, -0.2) is 0 Å². The Morgan fingerprint density at radius 3 is 2.44 bits per heavy atom. The first-order chi connectivity index (χ1) is 8.86. The van der Waals surface area contributed by atoms with E-state index in [0.717, 1.165) is 0 Å². The lowest BCUT2D eigenvalue weighted by Crippen LogP contribution is -2.08. The Hall–Kier alpha value is -1.56. The molecule has 92 valence electrons. The van der Waals surface area contributed by atoms with Gasteiger partial charge in [0, 0.05) is 0 Å². The summed E-state index contributed by atoms with van der Waals surface area (Å²) in [5.41, 5.74) is 2.71. The Labute approximate surface area is 109 Å². The molecule has 0 amide bonds. The van der Waals surface area contributed by atoms with Gasteiger partial charge in [0.1, 0.15) is 0 Å². The molecule has 0 radical (unpaired) electrons. The summed E-state index contributed by atoms with van der Waals surface area (Å²) >= 11 is 0. The maximum absolute atomic E-state index is 4.40. The smallest absolute Gasteiger partial charge is 0.0109 e. The van der Waals surface area contributed by atoms with Gasteiger partial charge < -0.3 is 0 Å². The van der Waals surface area contributed by atoms with Gasteiger partial charge >= 0.3 is 0 Å². The molecule has 0 atom stereocenters. The minimum atomic E-state index is 0.699. The van der Waals surface area contributed by atoms with Crippen LogP contribution < -0.4 is 0 Å². The highest BCUT2D eigenvalue weighted by atomic mass is 14.2. The van der Waals surface area contributed by atoms with Crippen molar-refractivity contribution >= 4 is 16.3 Å². The zero-order valence-electron chi connectivity index (χ0n) is 10.9. The zero-order valence-corrected chi connectivity index (χ0v) is 10.9. The highest BCUT2D eigenvalue weighted by Crippen LogP contribution is 2.36. The molecular weight excluding hydrogens is 216 g/mol. The third kappa shape index (κ3) is 2.08. The van der Waals surface area contributed by atoms with Gasteiger partial charge in [0.05, 0.1) is 0 Å². The molecule has 3 rings (SSSR count). The molecular formula is C18H20. The number of allylic oxidation sites excluding steroid dienone is 1. The third-order valence-electron chi connectivity index (χ3n) is 4.23. The molecule has 1 aliphatic carbocycles. The van der Waals surface area contributed by atoms with E-state index in [9.17, 15) is 0 Å². The highest BCUT2D eigenvalue weighted by molar-refractivity contribution is 5.93. The van der Waals surface area contributed by atoms with Crippen LogP contribution in [0, 0.1) is 5.92 Å². The monoisotopic (exact) mass is 236 g/mol. The van der Waals surface area contributed by atoms with Crippen molar-refractivity contribution in [3.05, 3.63) is 54.6 Å². The average Bonchev–Trinajstić information content (AvgIpc) is 2.47. The summed E-state index contributed by atoms with van der Waals surface area (Å²) in [7, 11) is 0. The fourth-order valence-electron chi connectivity index (χ4n) is 3.18. The van der Waals surface area contributed by atoms with E-state index >= 15 is 0 Å². The molecule has 1 saturated carbocycles. The first-order valence-electron chi connectivity index (χ1n) is 7.03. The molecule has 0 saturated heterocycles. The molecule has 0 heteroatoms. The highest BCUT2D eigenvalue weighted by Gasteiger charge is 2.18.